The maximum Gasteiger partial charge on any atom is 0.269 e. The minimum atomic E-state index is 0.0485. The van der Waals surface area contributed by atoms with Crippen LogP contribution in [0.5, 0.6) is 0 Å². The number of hydrogen-bond donors (Lipinski definition) is 0. The lowest BCUT2D eigenvalue weighted by Crippen LogP contribution is -2.36. The average Bonchev–Trinajstić information content (AvgIpc) is 3.82. The highest BCUT2D eigenvalue weighted by atomic mass is 32.2. The van der Waals surface area contributed by atoms with E-state index in [-0.39, 0.29) is 5.56 Å². The molecule has 0 amide bonds. The first kappa shape index (κ1) is 32.8. The lowest BCUT2D eigenvalue weighted by Gasteiger charge is -2.21. The van der Waals surface area contributed by atoms with Crippen LogP contribution in [0.25, 0.3) is 44.5 Å². The van der Waals surface area contributed by atoms with Crippen LogP contribution < -0.4 is 19.3 Å². The summed E-state index contributed by atoms with van der Waals surface area (Å²) < 4.78 is 5.98. The van der Waals surface area contributed by atoms with Crippen LogP contribution in [0, 0.1) is 0 Å². The summed E-state index contributed by atoms with van der Waals surface area (Å²) in [5.41, 5.74) is 7.22. The van der Waals surface area contributed by atoms with E-state index in [9.17, 15) is 4.79 Å². The van der Waals surface area contributed by atoms with Crippen molar-refractivity contribution in [2.45, 2.75) is 33.9 Å². The van der Waals surface area contributed by atoms with Crippen LogP contribution in [0.1, 0.15) is 36.9 Å². The molecule has 4 aromatic carbocycles. The summed E-state index contributed by atoms with van der Waals surface area (Å²) in [6.07, 6.45) is 6.35. The second kappa shape index (κ2) is 14.8. The molecule has 0 saturated heterocycles. The number of benzene rings is 4. The Labute approximate surface area is 300 Å². The zero-order chi connectivity index (χ0) is 33.7. The molecule has 0 aliphatic carbocycles. The Bertz CT molecular complexity index is 2320. The molecule has 2 aromatic heterocycles. The molecule has 7 rings (SSSR count). The highest BCUT2D eigenvalue weighted by Crippen LogP contribution is 2.50. The molecule has 0 N–H and O–H groups in total. The normalized spacial score (nSPS) is 14.8. The second-order valence-corrected chi connectivity index (χ2v) is 14.6. The molecular formula is C42H38N3OS3+. The van der Waals surface area contributed by atoms with Gasteiger partial charge in [-0.25, -0.2) is 0 Å². The van der Waals surface area contributed by atoms with Crippen molar-refractivity contribution < 1.29 is 4.57 Å². The molecule has 1 aliphatic rings. The van der Waals surface area contributed by atoms with Crippen molar-refractivity contribution in [3.8, 4) is 21.7 Å². The van der Waals surface area contributed by atoms with Gasteiger partial charge in [0, 0.05) is 23.6 Å². The molecule has 49 heavy (non-hydrogen) atoms. The summed E-state index contributed by atoms with van der Waals surface area (Å²) in [4.78, 5) is 18.7. The lowest BCUT2D eigenvalue weighted by molar-refractivity contribution is -0.679. The fourth-order valence-corrected chi connectivity index (χ4v) is 9.96. The molecule has 244 valence electrons. The first-order valence-electron chi connectivity index (χ1n) is 16.7. The summed E-state index contributed by atoms with van der Waals surface area (Å²) in [7, 11) is 0. The van der Waals surface area contributed by atoms with Crippen LogP contribution in [-0.2, 0) is 13.1 Å². The van der Waals surface area contributed by atoms with Gasteiger partial charge in [0.05, 0.1) is 21.3 Å². The Balaban J connectivity index is 1.34. The van der Waals surface area contributed by atoms with Gasteiger partial charge in [0.15, 0.2) is 0 Å². The minimum absolute atomic E-state index is 0.0485. The second-order valence-electron chi connectivity index (χ2n) is 11.5. The predicted molar refractivity (Wildman–Crippen MR) is 210 cm³/mol. The minimum Gasteiger partial charge on any atom is -0.335 e. The Morgan fingerprint density at radius 1 is 0.653 bits per heavy atom. The summed E-state index contributed by atoms with van der Waals surface area (Å²) in [5, 5.41) is 2.24. The molecule has 3 heterocycles. The summed E-state index contributed by atoms with van der Waals surface area (Å²) >= 11 is 5.12. The van der Waals surface area contributed by atoms with Gasteiger partial charge in [-0.3, -0.25) is 9.36 Å². The predicted octanol–water partition coefficient (Wildman–Crippen LogP) is 8.68. The highest BCUT2D eigenvalue weighted by Gasteiger charge is 2.29. The molecule has 0 atom stereocenters. The zero-order valence-corrected chi connectivity index (χ0v) is 30.3. The van der Waals surface area contributed by atoms with Gasteiger partial charge >= 0.3 is 0 Å². The van der Waals surface area contributed by atoms with E-state index in [2.05, 4.69) is 164 Å². The van der Waals surface area contributed by atoms with Crippen LogP contribution >= 0.6 is 34.4 Å². The number of thioether (sulfide) groups is 1. The van der Waals surface area contributed by atoms with E-state index in [4.69, 9.17) is 0 Å². The van der Waals surface area contributed by atoms with E-state index in [1.807, 2.05) is 10.6 Å². The van der Waals surface area contributed by atoms with Crippen LogP contribution in [0.15, 0.2) is 137 Å². The van der Waals surface area contributed by atoms with E-state index >= 15 is 0 Å². The molecule has 0 fully saturated rings. The van der Waals surface area contributed by atoms with Gasteiger partial charge in [0.25, 0.3) is 10.6 Å². The Hall–Kier alpha value is -4.69. The lowest BCUT2D eigenvalue weighted by atomic mass is 10.1. The number of aromatic nitrogens is 2. The van der Waals surface area contributed by atoms with E-state index in [1.165, 1.54) is 43.4 Å². The monoisotopic (exact) mass is 696 g/mol. The van der Waals surface area contributed by atoms with Crippen molar-refractivity contribution in [2.24, 2.45) is 0 Å². The molecule has 7 heteroatoms. The first-order chi connectivity index (χ1) is 24.1. The fraction of sp³-hybridized carbons (Fsp3) is 0.143. The Kier molecular flexibility index (Phi) is 9.94. The first-order valence-corrected chi connectivity index (χ1v) is 19.2. The van der Waals surface area contributed by atoms with Gasteiger partial charge in [0.1, 0.15) is 16.1 Å². The van der Waals surface area contributed by atoms with Crippen molar-refractivity contribution in [3.63, 3.8) is 0 Å². The third kappa shape index (κ3) is 6.54. The molecule has 6 aromatic rings. The van der Waals surface area contributed by atoms with Gasteiger partial charge in [-0.1, -0.05) is 132 Å². The molecule has 1 aliphatic heterocycles. The van der Waals surface area contributed by atoms with Crippen molar-refractivity contribution in [1.82, 2.24) is 9.47 Å². The van der Waals surface area contributed by atoms with Gasteiger partial charge in [-0.05, 0) is 61.7 Å². The molecule has 0 unspecified atom stereocenters. The van der Waals surface area contributed by atoms with E-state index in [1.54, 1.807) is 34.4 Å². The highest BCUT2D eigenvalue weighted by molar-refractivity contribution is 8.12. The van der Waals surface area contributed by atoms with Gasteiger partial charge in [0.2, 0.25) is 5.69 Å². The smallest absolute Gasteiger partial charge is 0.269 e. The van der Waals surface area contributed by atoms with Gasteiger partial charge in [-0.2, -0.15) is 4.57 Å². The summed E-state index contributed by atoms with van der Waals surface area (Å²) in [6, 6.07) is 42.4. The number of hydrogen-bond acceptors (Lipinski definition) is 5. The Morgan fingerprint density at radius 2 is 1.22 bits per heavy atom. The third-order valence-electron chi connectivity index (χ3n) is 8.59. The number of rotatable bonds is 9. The molecule has 0 bridgehead atoms. The van der Waals surface area contributed by atoms with Gasteiger partial charge < -0.3 is 4.90 Å². The van der Waals surface area contributed by atoms with Crippen molar-refractivity contribution >= 4 is 57.2 Å². The van der Waals surface area contributed by atoms with Crippen LogP contribution in [0.3, 0.4) is 0 Å². The summed E-state index contributed by atoms with van der Waals surface area (Å²) in [6.45, 7) is 8.67. The van der Waals surface area contributed by atoms with Crippen molar-refractivity contribution in [2.75, 3.05) is 6.54 Å². The zero-order valence-electron chi connectivity index (χ0n) is 27.9. The molecular weight excluding hydrogens is 659 g/mol. The third-order valence-corrected chi connectivity index (χ3v) is 12.0. The summed E-state index contributed by atoms with van der Waals surface area (Å²) in [5.74, 6) is 0. The topological polar surface area (TPSA) is 29.1 Å². The van der Waals surface area contributed by atoms with Crippen molar-refractivity contribution in [1.29, 1.82) is 0 Å². The fourth-order valence-electron chi connectivity index (χ4n) is 6.29. The van der Waals surface area contributed by atoms with Crippen LogP contribution in [-0.4, -0.2) is 16.0 Å². The van der Waals surface area contributed by atoms with E-state index < -0.39 is 0 Å². The maximum atomic E-state index is 13.9. The SMILES string of the molecule is CCN1C(c2ccccc2)=C(c2ccccc2)S/C1=C\C=c1/s/c(=C\c2sc(-c3ccccc3)c(-c3ccccc3)[n+]2CC)n(CC)c1=O. The Morgan fingerprint density at radius 3 is 1.80 bits per heavy atom. The van der Waals surface area contributed by atoms with Crippen LogP contribution in [0.4, 0.5) is 0 Å². The van der Waals surface area contributed by atoms with Gasteiger partial charge in [-0.15, -0.1) is 11.3 Å². The number of allylic oxidation sites excluding steroid dienone is 1. The average molecular weight is 697 g/mol. The van der Waals surface area contributed by atoms with E-state index in [0.29, 0.717) is 6.54 Å². The maximum absolute atomic E-state index is 13.9. The van der Waals surface area contributed by atoms with Crippen molar-refractivity contribution in [3.05, 3.63) is 168 Å². The standard InChI is InChI=1S/C42H38N3OS3/c1-4-43-35(48-40(32-23-15-9-16-24-32)38(43)30-19-11-7-12-20-30)28-27-34-42(46)45(6-3)37(47-34)29-36-44(5-2)39(31-21-13-8-14-22-31)41(49-36)33-25-17-10-18-26-33/h7-29H,4-6H2,1-3H3/q+1/b34-27-,35-28-. The molecule has 4 nitrogen and oxygen atoms in total. The molecule has 0 saturated carbocycles. The molecule has 0 radical (unpaired) electrons. The molecule has 0 spiro atoms. The largest absolute Gasteiger partial charge is 0.335 e. The van der Waals surface area contributed by atoms with E-state index in [0.717, 1.165) is 32.3 Å². The quantitative estimate of drug-likeness (QED) is 0.142. The van der Waals surface area contributed by atoms with Crippen LogP contribution in [0.2, 0.25) is 0 Å². The number of thiazole rings is 2. The number of nitrogens with zero attached hydrogens (tertiary/aromatic N) is 3.